The first-order chi connectivity index (χ1) is 10.7. The summed E-state index contributed by atoms with van der Waals surface area (Å²) in [6, 6.07) is 4.06. The number of benzene rings is 1. The first-order valence-electron chi connectivity index (χ1n) is 6.81. The summed E-state index contributed by atoms with van der Waals surface area (Å²) in [7, 11) is 0. The Hall–Kier alpha value is -2.32. The second kappa shape index (κ2) is 6.43. The van der Waals surface area contributed by atoms with E-state index in [1.165, 1.54) is 23.1 Å². The normalized spacial score (nSPS) is 16.7. The summed E-state index contributed by atoms with van der Waals surface area (Å²) >= 11 is 6.07. The SMILES string of the molecule is CC(O)(CNC(=O)c1ccc(Cl)c(N2CCNC2=O)c1)C(=O)O. The van der Waals surface area contributed by atoms with Crippen LogP contribution in [-0.4, -0.2) is 53.4 Å². The highest BCUT2D eigenvalue weighted by Crippen LogP contribution is 2.28. The zero-order valence-corrected chi connectivity index (χ0v) is 13.1. The van der Waals surface area contributed by atoms with Crippen molar-refractivity contribution >= 4 is 35.2 Å². The molecule has 0 aromatic heterocycles. The number of nitrogens with one attached hydrogen (secondary N) is 2. The maximum absolute atomic E-state index is 12.1. The fourth-order valence-electron chi connectivity index (χ4n) is 1.99. The quantitative estimate of drug-likeness (QED) is 0.619. The summed E-state index contributed by atoms with van der Waals surface area (Å²) in [6.07, 6.45) is 0. The number of carbonyl (C=O) groups is 3. The van der Waals surface area contributed by atoms with Gasteiger partial charge in [-0.1, -0.05) is 11.6 Å². The Morgan fingerprint density at radius 3 is 2.74 bits per heavy atom. The molecule has 124 valence electrons. The molecule has 1 fully saturated rings. The highest BCUT2D eigenvalue weighted by molar-refractivity contribution is 6.34. The second-order valence-corrected chi connectivity index (χ2v) is 5.72. The lowest BCUT2D eigenvalue weighted by atomic mass is 10.1. The van der Waals surface area contributed by atoms with Gasteiger partial charge in [-0.25, -0.2) is 9.59 Å². The number of urea groups is 1. The largest absolute Gasteiger partial charge is 0.479 e. The van der Waals surface area contributed by atoms with Crippen LogP contribution in [0, 0.1) is 0 Å². The van der Waals surface area contributed by atoms with Crippen molar-refractivity contribution in [1.82, 2.24) is 10.6 Å². The maximum atomic E-state index is 12.1. The highest BCUT2D eigenvalue weighted by Gasteiger charge is 2.30. The molecule has 1 aliphatic heterocycles. The molecule has 1 aromatic carbocycles. The second-order valence-electron chi connectivity index (χ2n) is 5.31. The molecule has 1 aromatic rings. The predicted octanol–water partition coefficient (Wildman–Crippen LogP) is 0.435. The minimum Gasteiger partial charge on any atom is -0.479 e. The van der Waals surface area contributed by atoms with E-state index in [4.69, 9.17) is 16.7 Å². The van der Waals surface area contributed by atoms with Gasteiger partial charge < -0.3 is 20.8 Å². The van der Waals surface area contributed by atoms with E-state index < -0.39 is 24.0 Å². The maximum Gasteiger partial charge on any atom is 0.337 e. The molecule has 23 heavy (non-hydrogen) atoms. The van der Waals surface area contributed by atoms with Gasteiger partial charge in [-0.05, 0) is 25.1 Å². The van der Waals surface area contributed by atoms with Gasteiger partial charge in [0.1, 0.15) is 0 Å². The lowest BCUT2D eigenvalue weighted by Gasteiger charge is -2.19. The topological polar surface area (TPSA) is 119 Å². The molecule has 1 unspecified atom stereocenters. The highest BCUT2D eigenvalue weighted by atomic mass is 35.5. The van der Waals surface area contributed by atoms with Gasteiger partial charge in [0.05, 0.1) is 17.3 Å². The molecule has 1 aliphatic rings. The average Bonchev–Trinajstić information content (AvgIpc) is 2.91. The Labute approximate surface area is 137 Å². The van der Waals surface area contributed by atoms with Crippen LogP contribution in [0.25, 0.3) is 0 Å². The molecule has 0 radical (unpaired) electrons. The number of amides is 3. The number of rotatable bonds is 5. The van der Waals surface area contributed by atoms with Gasteiger partial charge in [0.2, 0.25) is 0 Å². The number of carboxylic acid groups (broad SMARTS) is 1. The first kappa shape index (κ1) is 17.0. The van der Waals surface area contributed by atoms with Crippen LogP contribution in [0.3, 0.4) is 0 Å². The number of halogens is 1. The lowest BCUT2D eigenvalue weighted by Crippen LogP contribution is -2.46. The number of aliphatic carboxylic acids is 1. The number of hydrogen-bond donors (Lipinski definition) is 4. The third kappa shape index (κ3) is 3.72. The number of anilines is 1. The van der Waals surface area contributed by atoms with Gasteiger partial charge in [0.15, 0.2) is 5.60 Å². The van der Waals surface area contributed by atoms with Gasteiger partial charge >= 0.3 is 12.0 Å². The van der Waals surface area contributed by atoms with Crippen molar-refractivity contribution < 1.29 is 24.6 Å². The van der Waals surface area contributed by atoms with E-state index in [9.17, 15) is 19.5 Å². The zero-order valence-electron chi connectivity index (χ0n) is 12.3. The number of nitrogens with zero attached hydrogens (tertiary/aromatic N) is 1. The number of hydrogen-bond acceptors (Lipinski definition) is 4. The Bertz CT molecular complexity index is 662. The summed E-state index contributed by atoms with van der Waals surface area (Å²) in [6.45, 7) is 1.53. The van der Waals surface area contributed by atoms with E-state index in [0.29, 0.717) is 23.8 Å². The van der Waals surface area contributed by atoms with E-state index in [1.54, 1.807) is 0 Å². The molecular weight excluding hydrogens is 326 g/mol. The summed E-state index contributed by atoms with van der Waals surface area (Å²) < 4.78 is 0. The molecule has 2 rings (SSSR count). The van der Waals surface area contributed by atoms with Crippen molar-refractivity contribution in [1.29, 1.82) is 0 Å². The smallest absolute Gasteiger partial charge is 0.337 e. The van der Waals surface area contributed by atoms with Crippen LogP contribution < -0.4 is 15.5 Å². The van der Waals surface area contributed by atoms with Crippen molar-refractivity contribution in [3.63, 3.8) is 0 Å². The fraction of sp³-hybridized carbons (Fsp3) is 0.357. The molecule has 1 atom stereocenters. The molecule has 0 aliphatic carbocycles. The molecular formula is C14H16ClN3O5. The third-order valence-electron chi connectivity index (χ3n) is 3.41. The van der Waals surface area contributed by atoms with E-state index >= 15 is 0 Å². The van der Waals surface area contributed by atoms with Crippen molar-refractivity contribution in [3.8, 4) is 0 Å². The van der Waals surface area contributed by atoms with Gasteiger partial charge in [-0.3, -0.25) is 9.69 Å². The third-order valence-corrected chi connectivity index (χ3v) is 3.73. The van der Waals surface area contributed by atoms with Gasteiger partial charge in [0, 0.05) is 18.7 Å². The Kier molecular flexibility index (Phi) is 4.76. The number of carboxylic acids is 1. The van der Waals surface area contributed by atoms with Gasteiger partial charge in [-0.2, -0.15) is 0 Å². The Balaban J connectivity index is 2.15. The average molecular weight is 342 g/mol. The molecule has 1 saturated heterocycles. The minimum atomic E-state index is -2.07. The van der Waals surface area contributed by atoms with Crippen molar-refractivity contribution in [2.24, 2.45) is 0 Å². The van der Waals surface area contributed by atoms with Crippen LogP contribution in [0.1, 0.15) is 17.3 Å². The van der Waals surface area contributed by atoms with E-state index in [-0.39, 0.29) is 11.6 Å². The summed E-state index contributed by atoms with van der Waals surface area (Å²) in [5.41, 5.74) is -1.48. The van der Waals surface area contributed by atoms with Crippen LogP contribution in [0.5, 0.6) is 0 Å². The van der Waals surface area contributed by atoms with Gasteiger partial charge in [-0.15, -0.1) is 0 Å². The molecule has 0 spiro atoms. The van der Waals surface area contributed by atoms with Crippen molar-refractivity contribution in [2.75, 3.05) is 24.5 Å². The monoisotopic (exact) mass is 341 g/mol. The fourth-order valence-corrected chi connectivity index (χ4v) is 2.21. The van der Waals surface area contributed by atoms with E-state index in [0.717, 1.165) is 6.92 Å². The zero-order chi connectivity index (χ0) is 17.2. The molecule has 4 N–H and O–H groups in total. The molecule has 1 heterocycles. The summed E-state index contributed by atoms with van der Waals surface area (Å²) in [5, 5.41) is 23.7. The molecule has 8 nitrogen and oxygen atoms in total. The Morgan fingerprint density at radius 2 is 2.17 bits per heavy atom. The van der Waals surface area contributed by atoms with Crippen LogP contribution >= 0.6 is 11.6 Å². The number of aliphatic hydroxyl groups is 1. The van der Waals surface area contributed by atoms with Crippen molar-refractivity contribution in [3.05, 3.63) is 28.8 Å². The molecule has 9 heteroatoms. The predicted molar refractivity (Wildman–Crippen MR) is 82.8 cm³/mol. The van der Waals surface area contributed by atoms with E-state index in [2.05, 4.69) is 10.6 Å². The molecule has 3 amide bonds. The van der Waals surface area contributed by atoms with Gasteiger partial charge in [0.25, 0.3) is 5.91 Å². The van der Waals surface area contributed by atoms with Crippen LogP contribution in [0.2, 0.25) is 5.02 Å². The minimum absolute atomic E-state index is 0.199. The van der Waals surface area contributed by atoms with Crippen LogP contribution in [-0.2, 0) is 4.79 Å². The standard InChI is InChI=1S/C14H16ClN3O5/c1-14(23,12(20)21)7-17-11(19)8-2-3-9(15)10(6-8)18-5-4-16-13(18)22/h2-3,6,23H,4-5,7H2,1H3,(H,16,22)(H,17,19)(H,20,21). The first-order valence-corrected chi connectivity index (χ1v) is 7.19. The van der Waals surface area contributed by atoms with E-state index in [1.807, 2.05) is 0 Å². The summed E-state index contributed by atoms with van der Waals surface area (Å²) in [4.78, 5) is 36.0. The lowest BCUT2D eigenvalue weighted by molar-refractivity contribution is -0.155. The van der Waals surface area contributed by atoms with Crippen LogP contribution in [0.15, 0.2) is 18.2 Å². The number of carbonyl (C=O) groups excluding carboxylic acids is 2. The Morgan fingerprint density at radius 1 is 1.48 bits per heavy atom. The summed E-state index contributed by atoms with van der Waals surface area (Å²) in [5.74, 6) is -2.02. The molecule has 0 bridgehead atoms. The van der Waals surface area contributed by atoms with Crippen molar-refractivity contribution in [2.45, 2.75) is 12.5 Å². The molecule has 0 saturated carbocycles. The van der Waals surface area contributed by atoms with Crippen LogP contribution in [0.4, 0.5) is 10.5 Å².